The van der Waals surface area contributed by atoms with Crippen molar-refractivity contribution in [3.63, 3.8) is 0 Å². The van der Waals surface area contributed by atoms with Gasteiger partial charge in [-0.2, -0.15) is 26.3 Å². The maximum absolute atomic E-state index is 12.3. The summed E-state index contributed by atoms with van der Waals surface area (Å²) >= 11 is -0.0123. The summed E-state index contributed by atoms with van der Waals surface area (Å²) in [5.74, 6) is 1.95. The zero-order valence-corrected chi connectivity index (χ0v) is 18.1. The van der Waals surface area contributed by atoms with Crippen LogP contribution in [0.4, 0.5) is 26.3 Å². The molecule has 0 N–H and O–H groups in total. The summed E-state index contributed by atoms with van der Waals surface area (Å²) in [6, 6.07) is 4.12. The molecular weight excluding hydrogens is 543 g/mol. The van der Waals surface area contributed by atoms with Crippen LogP contribution in [0.3, 0.4) is 0 Å². The Morgan fingerprint density at radius 3 is 1.44 bits per heavy atom. The largest absolute Gasteiger partial charge is 0.833 e. The summed E-state index contributed by atoms with van der Waals surface area (Å²) in [7, 11) is 0. The van der Waals surface area contributed by atoms with E-state index in [1.165, 1.54) is 6.07 Å². The molecule has 1 nitrogen and oxygen atoms in total. The van der Waals surface area contributed by atoms with Crippen molar-refractivity contribution >= 4 is 23.2 Å². The molecule has 8 heteroatoms. The average molecular weight is 566 g/mol. The second-order valence-electron chi connectivity index (χ2n) is 6.42. The predicted octanol–water partition coefficient (Wildman–Crippen LogP) is 5.21. The second kappa shape index (κ2) is 10.1. The molecule has 0 aliphatic rings. The van der Waals surface area contributed by atoms with Gasteiger partial charge >= 0.3 is 83.4 Å². The monoisotopic (exact) mass is 566 g/mol. The van der Waals surface area contributed by atoms with Gasteiger partial charge in [0.1, 0.15) is 5.60 Å². The molecule has 0 aliphatic heterocycles. The van der Waals surface area contributed by atoms with Gasteiger partial charge in [0.15, 0.2) is 0 Å². The zero-order valence-electron chi connectivity index (χ0n) is 14.6. The van der Waals surface area contributed by atoms with Crippen LogP contribution in [0.1, 0.15) is 33.3 Å². The molecular formula is C17H23BiF6O. The zero-order chi connectivity index (χ0) is 19.9. The van der Waals surface area contributed by atoms with Crippen molar-refractivity contribution in [2.45, 2.75) is 53.9 Å². The Balaban J connectivity index is 0.000000547. The minimum absolute atomic E-state index is 0.0123. The minimum atomic E-state index is -5.94. The van der Waals surface area contributed by atoms with E-state index in [0.717, 1.165) is 24.0 Å². The summed E-state index contributed by atoms with van der Waals surface area (Å²) in [4.78, 5) is 0. The first-order valence-electron chi connectivity index (χ1n) is 7.76. The molecule has 0 spiro atoms. The molecule has 2 radical (unpaired) electrons. The Labute approximate surface area is 156 Å². The number of benzene rings is 1. The van der Waals surface area contributed by atoms with Crippen LogP contribution in [0.2, 0.25) is 8.26 Å². The van der Waals surface area contributed by atoms with Gasteiger partial charge in [0.2, 0.25) is 0 Å². The molecule has 0 atom stereocenters. The van der Waals surface area contributed by atoms with Crippen LogP contribution in [0, 0.1) is 11.8 Å². The van der Waals surface area contributed by atoms with Crippen molar-refractivity contribution in [2.75, 3.05) is 0 Å². The van der Waals surface area contributed by atoms with Gasteiger partial charge < -0.3 is 5.11 Å². The Morgan fingerprint density at radius 1 is 0.800 bits per heavy atom. The van der Waals surface area contributed by atoms with E-state index in [1.807, 2.05) is 0 Å². The van der Waals surface area contributed by atoms with Gasteiger partial charge in [0.05, 0.1) is 0 Å². The molecule has 1 rings (SSSR count). The molecule has 0 amide bonds. The molecule has 1 aromatic rings. The van der Waals surface area contributed by atoms with Gasteiger partial charge in [-0.3, -0.25) is 0 Å². The predicted molar refractivity (Wildman–Crippen MR) is 85.3 cm³/mol. The molecule has 0 aliphatic carbocycles. The van der Waals surface area contributed by atoms with Crippen LogP contribution in [0.25, 0.3) is 0 Å². The van der Waals surface area contributed by atoms with Gasteiger partial charge in [-0.05, 0) is 5.56 Å². The Morgan fingerprint density at radius 2 is 1.16 bits per heavy atom. The van der Waals surface area contributed by atoms with Crippen LogP contribution in [0.5, 0.6) is 0 Å². The fourth-order valence-corrected chi connectivity index (χ4v) is 6.35. The van der Waals surface area contributed by atoms with Crippen molar-refractivity contribution in [1.29, 1.82) is 0 Å². The fraction of sp³-hybridized carbons (Fsp3) is 0.647. The summed E-state index contributed by atoms with van der Waals surface area (Å²) < 4.78 is 76.7. The summed E-state index contributed by atoms with van der Waals surface area (Å²) in [6.07, 6.45) is -11.9. The van der Waals surface area contributed by atoms with Crippen LogP contribution in [-0.4, -0.2) is 35.6 Å². The van der Waals surface area contributed by atoms with Gasteiger partial charge in [-0.25, -0.2) is 0 Å². The van der Waals surface area contributed by atoms with E-state index in [2.05, 4.69) is 27.7 Å². The molecule has 0 saturated heterocycles. The van der Waals surface area contributed by atoms with Gasteiger partial charge in [0.25, 0.3) is 0 Å². The van der Waals surface area contributed by atoms with Crippen molar-refractivity contribution in [1.82, 2.24) is 0 Å². The molecule has 25 heavy (non-hydrogen) atoms. The van der Waals surface area contributed by atoms with E-state index < -0.39 is 23.5 Å². The van der Waals surface area contributed by atoms with Gasteiger partial charge in [-0.1, -0.05) is 30.3 Å². The topological polar surface area (TPSA) is 23.1 Å². The van der Waals surface area contributed by atoms with E-state index in [1.54, 1.807) is 8.26 Å². The molecule has 0 saturated carbocycles. The first-order chi connectivity index (χ1) is 11.2. The van der Waals surface area contributed by atoms with E-state index in [9.17, 15) is 31.4 Å². The fourth-order valence-electron chi connectivity index (χ4n) is 1.75. The van der Waals surface area contributed by atoms with Crippen molar-refractivity contribution in [3.8, 4) is 0 Å². The molecule has 0 heterocycles. The summed E-state index contributed by atoms with van der Waals surface area (Å²) in [5, 5.41) is 11.1. The smallest absolute Gasteiger partial charge is 0.392 e. The SMILES string of the molecule is CC(C)[CH2][Bi+][CH2]C(C)C.[O-]C(c1ccccc1)(C(F)(F)F)C(F)(F)F. The third kappa shape index (κ3) is 7.82. The third-order valence-electron chi connectivity index (χ3n) is 2.97. The van der Waals surface area contributed by atoms with Crippen LogP contribution < -0.4 is 5.11 Å². The van der Waals surface area contributed by atoms with Crippen LogP contribution in [-0.2, 0) is 5.60 Å². The molecule has 0 bridgehead atoms. The molecule has 144 valence electrons. The number of alkyl halides is 6. The third-order valence-corrected chi connectivity index (χ3v) is 10.7. The second-order valence-corrected chi connectivity index (χ2v) is 11.0. The van der Waals surface area contributed by atoms with Crippen molar-refractivity contribution in [3.05, 3.63) is 35.9 Å². The van der Waals surface area contributed by atoms with E-state index in [-0.39, 0.29) is 23.2 Å². The quantitative estimate of drug-likeness (QED) is 0.355. The molecule has 0 aromatic heterocycles. The molecule has 0 fully saturated rings. The van der Waals surface area contributed by atoms with Crippen LogP contribution in [0.15, 0.2) is 30.3 Å². The average Bonchev–Trinajstić information content (AvgIpc) is 2.44. The number of hydrogen-bond donors (Lipinski definition) is 0. The van der Waals surface area contributed by atoms with Gasteiger partial charge in [0, 0.05) is 0 Å². The van der Waals surface area contributed by atoms with E-state index in [4.69, 9.17) is 0 Å². The molecule has 0 unspecified atom stereocenters. The minimum Gasteiger partial charge on any atom is -0.833 e. The maximum Gasteiger partial charge on any atom is 0.392 e. The normalized spacial score (nSPS) is 13.0. The summed E-state index contributed by atoms with van der Waals surface area (Å²) in [6.45, 7) is 9.35. The molecule has 1 aromatic carbocycles. The number of hydrogen-bond acceptors (Lipinski definition) is 1. The van der Waals surface area contributed by atoms with Crippen molar-refractivity contribution < 1.29 is 31.4 Å². The standard InChI is InChI=1S/C9H5F6O.2C4H9.Bi/c10-8(11,12)7(16,9(13,14)15)6-4-2-1-3-5-6;2*1-4(2)3;/h1-5H;2*4H,1H2,2-3H3;/q-1;;;+1. The Kier molecular flexibility index (Phi) is 9.96. The summed E-state index contributed by atoms with van der Waals surface area (Å²) in [5.41, 5.74) is -6.45. The Bertz CT molecular complexity index is 460. The first kappa shape index (κ1) is 24.6. The van der Waals surface area contributed by atoms with E-state index in [0.29, 0.717) is 12.1 Å². The van der Waals surface area contributed by atoms with E-state index >= 15 is 0 Å². The van der Waals surface area contributed by atoms with Crippen molar-refractivity contribution in [2.24, 2.45) is 11.8 Å². The van der Waals surface area contributed by atoms with Crippen LogP contribution >= 0.6 is 0 Å². The first-order valence-corrected chi connectivity index (χ1v) is 12.7. The van der Waals surface area contributed by atoms with Gasteiger partial charge in [-0.15, -0.1) is 0 Å². The Hall–Kier alpha value is -0.357. The number of halogens is 6. The maximum atomic E-state index is 12.3. The number of rotatable bonds is 5.